The second-order valence-corrected chi connectivity index (χ2v) is 3.77. The zero-order valence-electron chi connectivity index (χ0n) is 10.9. The van der Waals surface area contributed by atoms with Crippen LogP contribution in [0.2, 0.25) is 0 Å². The molecule has 19 heavy (non-hydrogen) atoms. The largest absolute Gasteiger partial charge is 0.493 e. The van der Waals surface area contributed by atoms with E-state index in [0.29, 0.717) is 30.3 Å². The molecule has 7 heteroatoms. The average Bonchev–Trinajstić information content (AvgIpc) is 2.96. The average molecular weight is 264 g/mol. The zero-order chi connectivity index (χ0) is 13.5. The highest BCUT2D eigenvalue weighted by molar-refractivity contribution is 5.42. The van der Waals surface area contributed by atoms with Crippen molar-refractivity contribution >= 4 is 0 Å². The molecule has 0 atom stereocenters. The summed E-state index contributed by atoms with van der Waals surface area (Å²) in [5.41, 5.74) is 0.801. The lowest BCUT2D eigenvalue weighted by molar-refractivity contribution is 0.348. The summed E-state index contributed by atoms with van der Waals surface area (Å²) in [4.78, 5) is 8.22. The molecule has 0 aliphatic rings. The maximum atomic E-state index is 5.30. The van der Waals surface area contributed by atoms with E-state index in [1.54, 1.807) is 26.5 Å². The monoisotopic (exact) mass is 264 g/mol. The number of ether oxygens (including phenoxy) is 2. The standard InChI is InChI=1S/C12H16N4O3/c1-17-10-3-6-14-9(12(10)18-2)7-13-5-4-11-15-8-19-16-11/h3,6,8,13H,4-5,7H2,1-2H3. The number of aromatic nitrogens is 3. The molecule has 2 rings (SSSR count). The SMILES string of the molecule is COc1ccnc(CNCCc2ncon2)c1OC. The molecule has 0 bridgehead atoms. The Labute approximate surface area is 110 Å². The van der Waals surface area contributed by atoms with Crippen molar-refractivity contribution in [2.45, 2.75) is 13.0 Å². The van der Waals surface area contributed by atoms with E-state index in [0.717, 1.165) is 12.2 Å². The van der Waals surface area contributed by atoms with Gasteiger partial charge in [0.05, 0.1) is 19.9 Å². The third-order valence-electron chi connectivity index (χ3n) is 2.59. The predicted molar refractivity (Wildman–Crippen MR) is 67.0 cm³/mol. The van der Waals surface area contributed by atoms with Crippen molar-refractivity contribution < 1.29 is 14.0 Å². The molecular formula is C12H16N4O3. The first-order valence-electron chi connectivity index (χ1n) is 5.87. The Morgan fingerprint density at radius 3 is 2.84 bits per heavy atom. The van der Waals surface area contributed by atoms with Gasteiger partial charge in [0, 0.05) is 31.8 Å². The van der Waals surface area contributed by atoms with Crippen LogP contribution in [-0.4, -0.2) is 35.9 Å². The van der Waals surface area contributed by atoms with Crippen LogP contribution in [0.4, 0.5) is 0 Å². The minimum Gasteiger partial charge on any atom is -0.493 e. The fourth-order valence-electron chi connectivity index (χ4n) is 1.69. The first-order valence-corrected chi connectivity index (χ1v) is 5.87. The Bertz CT molecular complexity index is 502. The van der Waals surface area contributed by atoms with E-state index in [4.69, 9.17) is 9.47 Å². The molecule has 2 aromatic rings. The van der Waals surface area contributed by atoms with Gasteiger partial charge in [-0.05, 0) is 0 Å². The van der Waals surface area contributed by atoms with Crippen LogP contribution in [-0.2, 0) is 13.0 Å². The van der Waals surface area contributed by atoms with E-state index < -0.39 is 0 Å². The summed E-state index contributed by atoms with van der Waals surface area (Å²) in [6.07, 6.45) is 3.71. The number of methoxy groups -OCH3 is 2. The number of nitrogens with one attached hydrogen (secondary N) is 1. The van der Waals surface area contributed by atoms with Gasteiger partial charge in [-0.1, -0.05) is 5.16 Å². The molecule has 0 fully saturated rings. The number of nitrogens with zero attached hydrogens (tertiary/aromatic N) is 3. The molecular weight excluding hydrogens is 248 g/mol. The van der Waals surface area contributed by atoms with Crippen molar-refractivity contribution in [3.63, 3.8) is 0 Å². The van der Waals surface area contributed by atoms with Crippen LogP contribution in [0.15, 0.2) is 23.2 Å². The third-order valence-corrected chi connectivity index (χ3v) is 2.59. The molecule has 0 amide bonds. The lowest BCUT2D eigenvalue weighted by Crippen LogP contribution is -2.18. The van der Waals surface area contributed by atoms with E-state index in [2.05, 4.69) is 25.0 Å². The maximum absolute atomic E-state index is 5.30. The molecule has 0 unspecified atom stereocenters. The molecule has 102 valence electrons. The minimum absolute atomic E-state index is 0.582. The molecule has 0 aromatic carbocycles. The lowest BCUT2D eigenvalue weighted by atomic mass is 10.3. The van der Waals surface area contributed by atoms with Crippen LogP contribution in [0.25, 0.3) is 0 Å². The molecule has 0 spiro atoms. The molecule has 0 saturated carbocycles. The number of rotatable bonds is 7. The number of pyridine rings is 1. The number of hydrogen-bond acceptors (Lipinski definition) is 7. The summed E-state index contributed by atoms with van der Waals surface area (Å²) >= 11 is 0. The van der Waals surface area contributed by atoms with Gasteiger partial charge in [0.25, 0.3) is 0 Å². The summed E-state index contributed by atoms with van der Waals surface area (Å²) in [5, 5.41) is 6.98. The van der Waals surface area contributed by atoms with E-state index >= 15 is 0 Å². The van der Waals surface area contributed by atoms with Gasteiger partial charge in [-0.15, -0.1) is 0 Å². The van der Waals surface area contributed by atoms with Crippen molar-refractivity contribution in [1.29, 1.82) is 0 Å². The van der Waals surface area contributed by atoms with Crippen LogP contribution < -0.4 is 14.8 Å². The predicted octanol–water partition coefficient (Wildman–Crippen LogP) is 0.814. The van der Waals surface area contributed by atoms with E-state index in [1.807, 2.05) is 0 Å². The Morgan fingerprint density at radius 1 is 1.26 bits per heavy atom. The van der Waals surface area contributed by atoms with Gasteiger partial charge in [0.1, 0.15) is 0 Å². The first-order chi connectivity index (χ1) is 9.35. The fraction of sp³-hybridized carbons (Fsp3) is 0.417. The summed E-state index contributed by atoms with van der Waals surface area (Å²) in [6.45, 7) is 1.31. The molecule has 0 aliphatic carbocycles. The zero-order valence-corrected chi connectivity index (χ0v) is 10.9. The quantitative estimate of drug-likeness (QED) is 0.741. The van der Waals surface area contributed by atoms with Gasteiger partial charge in [0.15, 0.2) is 17.3 Å². The van der Waals surface area contributed by atoms with Gasteiger partial charge in [-0.3, -0.25) is 4.98 Å². The van der Waals surface area contributed by atoms with Crippen LogP contribution in [0.3, 0.4) is 0 Å². The molecule has 0 saturated heterocycles. The van der Waals surface area contributed by atoms with Crippen molar-refractivity contribution in [2.75, 3.05) is 20.8 Å². The minimum atomic E-state index is 0.582. The Hall–Kier alpha value is -2.15. The Kier molecular flexibility index (Phi) is 4.68. The molecule has 2 heterocycles. The summed E-state index contributed by atoms with van der Waals surface area (Å²) in [5.74, 6) is 2.00. The lowest BCUT2D eigenvalue weighted by Gasteiger charge is -2.11. The van der Waals surface area contributed by atoms with Gasteiger partial charge >= 0.3 is 0 Å². The Balaban J connectivity index is 1.88. The maximum Gasteiger partial charge on any atom is 0.213 e. The summed E-state index contributed by atoms with van der Waals surface area (Å²) in [6, 6.07) is 1.77. The van der Waals surface area contributed by atoms with Crippen LogP contribution >= 0.6 is 0 Å². The second-order valence-electron chi connectivity index (χ2n) is 3.77. The highest BCUT2D eigenvalue weighted by Gasteiger charge is 2.10. The highest BCUT2D eigenvalue weighted by atomic mass is 16.5. The fourth-order valence-corrected chi connectivity index (χ4v) is 1.69. The molecule has 1 N–H and O–H groups in total. The highest BCUT2D eigenvalue weighted by Crippen LogP contribution is 2.28. The van der Waals surface area contributed by atoms with Gasteiger partial charge < -0.3 is 19.3 Å². The van der Waals surface area contributed by atoms with E-state index in [9.17, 15) is 0 Å². The normalized spacial score (nSPS) is 10.4. The number of hydrogen-bond donors (Lipinski definition) is 1. The molecule has 7 nitrogen and oxygen atoms in total. The van der Waals surface area contributed by atoms with Crippen LogP contribution in [0.1, 0.15) is 11.5 Å². The molecule has 0 radical (unpaired) electrons. The molecule has 0 aliphatic heterocycles. The van der Waals surface area contributed by atoms with Crippen molar-refractivity contribution in [3.8, 4) is 11.5 Å². The summed E-state index contributed by atoms with van der Waals surface area (Å²) < 4.78 is 15.2. The first kappa shape index (κ1) is 13.3. The van der Waals surface area contributed by atoms with E-state index in [1.165, 1.54) is 6.39 Å². The Morgan fingerprint density at radius 2 is 2.16 bits per heavy atom. The van der Waals surface area contributed by atoms with E-state index in [-0.39, 0.29) is 0 Å². The van der Waals surface area contributed by atoms with Crippen LogP contribution in [0, 0.1) is 0 Å². The van der Waals surface area contributed by atoms with Crippen molar-refractivity contribution in [1.82, 2.24) is 20.4 Å². The van der Waals surface area contributed by atoms with Gasteiger partial charge in [-0.25, -0.2) is 0 Å². The third kappa shape index (κ3) is 3.41. The second kappa shape index (κ2) is 6.69. The molecule has 2 aromatic heterocycles. The smallest absolute Gasteiger partial charge is 0.213 e. The van der Waals surface area contributed by atoms with Gasteiger partial charge in [-0.2, -0.15) is 4.98 Å². The van der Waals surface area contributed by atoms with Gasteiger partial charge in [0.2, 0.25) is 6.39 Å². The topological polar surface area (TPSA) is 82.3 Å². The van der Waals surface area contributed by atoms with Crippen molar-refractivity contribution in [3.05, 3.63) is 30.2 Å². The summed E-state index contributed by atoms with van der Waals surface area (Å²) in [7, 11) is 3.20. The van der Waals surface area contributed by atoms with Crippen LogP contribution in [0.5, 0.6) is 11.5 Å². The van der Waals surface area contributed by atoms with Crippen molar-refractivity contribution in [2.24, 2.45) is 0 Å².